The molecule has 106 valence electrons. The minimum Gasteiger partial charge on any atom is -0.467 e. The highest BCUT2D eigenvalue weighted by atomic mass is 19.1. The monoisotopic (exact) mass is 286 g/mol. The normalized spacial score (nSPS) is 10.6. The van der Waals surface area contributed by atoms with Crippen LogP contribution in [-0.4, -0.2) is 22.2 Å². The summed E-state index contributed by atoms with van der Waals surface area (Å²) in [5.74, 6) is -0.212. The van der Waals surface area contributed by atoms with Crippen molar-refractivity contribution in [1.82, 2.24) is 15.1 Å². The van der Waals surface area contributed by atoms with Gasteiger partial charge in [0.1, 0.15) is 11.5 Å². The zero-order valence-corrected chi connectivity index (χ0v) is 11.1. The number of anilines is 1. The molecule has 0 saturated heterocycles. The molecule has 3 aromatic rings. The van der Waals surface area contributed by atoms with Gasteiger partial charge in [0, 0.05) is 11.8 Å². The molecule has 2 heterocycles. The first-order valence-corrected chi connectivity index (χ1v) is 6.07. The van der Waals surface area contributed by atoms with E-state index < -0.39 is 0 Å². The maximum atomic E-state index is 13.0. The average Bonchev–Trinajstić information content (AvgIpc) is 2.90. The summed E-state index contributed by atoms with van der Waals surface area (Å²) < 4.78 is 23.1. The third-order valence-electron chi connectivity index (χ3n) is 2.91. The summed E-state index contributed by atoms with van der Waals surface area (Å²) in [4.78, 5) is 8.15. The zero-order chi connectivity index (χ0) is 14.8. The van der Waals surface area contributed by atoms with Crippen molar-refractivity contribution >= 4 is 5.88 Å². The molecule has 0 bridgehead atoms. The van der Waals surface area contributed by atoms with Crippen molar-refractivity contribution in [2.45, 2.75) is 0 Å². The lowest BCUT2D eigenvalue weighted by molar-refractivity contribution is 0.380. The number of nitrogens with two attached hydrogens (primary N) is 1. The SMILES string of the molecule is COc1nccc(-c2c(-c3ccc(F)cc3)noc2N)n1. The largest absolute Gasteiger partial charge is 0.467 e. The van der Waals surface area contributed by atoms with E-state index in [1.807, 2.05) is 0 Å². The van der Waals surface area contributed by atoms with Crippen LogP contribution in [0.4, 0.5) is 10.3 Å². The quantitative estimate of drug-likeness (QED) is 0.796. The Morgan fingerprint density at radius 2 is 1.95 bits per heavy atom. The van der Waals surface area contributed by atoms with E-state index in [1.54, 1.807) is 24.4 Å². The Balaban J connectivity index is 2.14. The summed E-state index contributed by atoms with van der Waals surface area (Å²) in [6.07, 6.45) is 1.54. The number of aromatic nitrogens is 3. The van der Waals surface area contributed by atoms with E-state index in [1.165, 1.54) is 19.2 Å². The maximum absolute atomic E-state index is 13.0. The first-order chi connectivity index (χ1) is 10.2. The van der Waals surface area contributed by atoms with Gasteiger partial charge < -0.3 is 15.0 Å². The van der Waals surface area contributed by atoms with Crippen LogP contribution in [0.2, 0.25) is 0 Å². The van der Waals surface area contributed by atoms with Gasteiger partial charge in [-0.05, 0) is 30.3 Å². The van der Waals surface area contributed by atoms with Gasteiger partial charge >= 0.3 is 6.01 Å². The minimum atomic E-state index is -0.333. The second-order valence-corrected chi connectivity index (χ2v) is 4.21. The van der Waals surface area contributed by atoms with E-state index in [9.17, 15) is 4.39 Å². The number of hydrogen-bond donors (Lipinski definition) is 1. The van der Waals surface area contributed by atoms with E-state index in [0.717, 1.165) is 0 Å². The summed E-state index contributed by atoms with van der Waals surface area (Å²) in [5, 5.41) is 3.92. The molecule has 0 aliphatic carbocycles. The first kappa shape index (κ1) is 13.0. The molecule has 21 heavy (non-hydrogen) atoms. The molecule has 0 saturated carbocycles. The molecule has 0 amide bonds. The summed E-state index contributed by atoms with van der Waals surface area (Å²) in [6, 6.07) is 7.73. The number of ether oxygens (including phenoxy) is 1. The van der Waals surface area contributed by atoms with Gasteiger partial charge in [-0.3, -0.25) is 0 Å². The summed E-state index contributed by atoms with van der Waals surface area (Å²) in [5.41, 5.74) is 8.01. The standard InChI is InChI=1S/C14H11FN4O2/c1-20-14-17-7-6-10(18-14)11-12(19-21-13(11)16)8-2-4-9(15)5-3-8/h2-7H,16H2,1H3. The molecule has 6 nitrogen and oxygen atoms in total. The van der Waals surface area contributed by atoms with Crippen molar-refractivity contribution in [2.24, 2.45) is 0 Å². The smallest absolute Gasteiger partial charge is 0.316 e. The van der Waals surface area contributed by atoms with Crippen LogP contribution in [0.15, 0.2) is 41.1 Å². The van der Waals surface area contributed by atoms with Crippen molar-refractivity contribution in [3.05, 3.63) is 42.3 Å². The predicted octanol–water partition coefficient (Wildman–Crippen LogP) is 2.53. The Hall–Kier alpha value is -2.96. The summed E-state index contributed by atoms with van der Waals surface area (Å²) >= 11 is 0. The van der Waals surface area contributed by atoms with Crippen LogP contribution in [0.3, 0.4) is 0 Å². The minimum absolute atomic E-state index is 0.120. The summed E-state index contributed by atoms with van der Waals surface area (Å²) in [7, 11) is 1.47. The molecule has 0 unspecified atom stereocenters. The number of nitrogen functional groups attached to an aromatic ring is 1. The van der Waals surface area contributed by atoms with Crippen LogP contribution >= 0.6 is 0 Å². The Kier molecular flexibility index (Phi) is 3.23. The van der Waals surface area contributed by atoms with Gasteiger partial charge in [0.15, 0.2) is 0 Å². The van der Waals surface area contributed by atoms with Crippen molar-refractivity contribution in [3.63, 3.8) is 0 Å². The van der Waals surface area contributed by atoms with Gasteiger partial charge in [0.2, 0.25) is 5.88 Å². The molecule has 0 radical (unpaired) electrons. The molecule has 1 aromatic carbocycles. The molecule has 7 heteroatoms. The number of hydrogen-bond acceptors (Lipinski definition) is 6. The van der Waals surface area contributed by atoms with E-state index in [2.05, 4.69) is 15.1 Å². The molecule has 0 atom stereocenters. The number of nitrogens with zero attached hydrogens (tertiary/aromatic N) is 3. The zero-order valence-electron chi connectivity index (χ0n) is 11.1. The van der Waals surface area contributed by atoms with E-state index in [0.29, 0.717) is 22.5 Å². The highest BCUT2D eigenvalue weighted by Gasteiger charge is 2.19. The topological polar surface area (TPSA) is 87.1 Å². The molecular weight excluding hydrogens is 275 g/mol. The Morgan fingerprint density at radius 3 is 2.67 bits per heavy atom. The van der Waals surface area contributed by atoms with Crippen LogP contribution < -0.4 is 10.5 Å². The van der Waals surface area contributed by atoms with Crippen molar-refractivity contribution < 1.29 is 13.7 Å². The fraction of sp³-hybridized carbons (Fsp3) is 0.0714. The van der Waals surface area contributed by atoms with Gasteiger partial charge in [-0.15, -0.1) is 0 Å². The average molecular weight is 286 g/mol. The Bertz CT molecular complexity index is 771. The molecule has 0 aliphatic rings. The Labute approximate surface area is 119 Å². The Morgan fingerprint density at radius 1 is 1.19 bits per heavy atom. The highest BCUT2D eigenvalue weighted by Crippen LogP contribution is 2.35. The lowest BCUT2D eigenvalue weighted by atomic mass is 10.1. The molecule has 2 N–H and O–H groups in total. The van der Waals surface area contributed by atoms with Gasteiger partial charge in [-0.1, -0.05) is 5.16 Å². The van der Waals surface area contributed by atoms with Crippen molar-refractivity contribution in [3.8, 4) is 28.5 Å². The third-order valence-corrected chi connectivity index (χ3v) is 2.91. The van der Waals surface area contributed by atoms with Crippen molar-refractivity contribution in [1.29, 1.82) is 0 Å². The number of rotatable bonds is 3. The van der Waals surface area contributed by atoms with Gasteiger partial charge in [0.25, 0.3) is 0 Å². The fourth-order valence-electron chi connectivity index (χ4n) is 1.93. The van der Waals surface area contributed by atoms with Gasteiger partial charge in [0.05, 0.1) is 18.4 Å². The van der Waals surface area contributed by atoms with E-state index in [-0.39, 0.29) is 17.7 Å². The summed E-state index contributed by atoms with van der Waals surface area (Å²) in [6.45, 7) is 0. The number of benzene rings is 1. The molecule has 0 aliphatic heterocycles. The lowest BCUT2D eigenvalue weighted by Crippen LogP contribution is -1.95. The number of methoxy groups -OCH3 is 1. The van der Waals surface area contributed by atoms with E-state index >= 15 is 0 Å². The van der Waals surface area contributed by atoms with Crippen LogP contribution in [-0.2, 0) is 0 Å². The number of halogens is 1. The first-order valence-electron chi connectivity index (χ1n) is 6.07. The molecule has 3 rings (SSSR count). The predicted molar refractivity (Wildman–Crippen MR) is 73.9 cm³/mol. The van der Waals surface area contributed by atoms with Crippen LogP contribution in [0.1, 0.15) is 0 Å². The van der Waals surface area contributed by atoms with Crippen molar-refractivity contribution in [2.75, 3.05) is 12.8 Å². The van der Waals surface area contributed by atoms with Crippen LogP contribution in [0, 0.1) is 5.82 Å². The van der Waals surface area contributed by atoms with Gasteiger partial charge in [-0.2, -0.15) is 4.98 Å². The second-order valence-electron chi connectivity index (χ2n) is 4.21. The maximum Gasteiger partial charge on any atom is 0.316 e. The molecule has 2 aromatic heterocycles. The second kappa shape index (κ2) is 5.20. The highest BCUT2D eigenvalue weighted by molar-refractivity contribution is 5.85. The molecule has 0 spiro atoms. The lowest BCUT2D eigenvalue weighted by Gasteiger charge is -2.03. The van der Waals surface area contributed by atoms with E-state index in [4.69, 9.17) is 15.0 Å². The van der Waals surface area contributed by atoms with Crippen LogP contribution in [0.25, 0.3) is 22.5 Å². The third kappa shape index (κ3) is 2.40. The van der Waals surface area contributed by atoms with Crippen LogP contribution in [0.5, 0.6) is 6.01 Å². The van der Waals surface area contributed by atoms with Gasteiger partial charge in [-0.25, -0.2) is 9.37 Å². The molecule has 0 fully saturated rings. The molecular formula is C14H11FN4O2. The fourth-order valence-corrected chi connectivity index (χ4v) is 1.93.